The van der Waals surface area contributed by atoms with E-state index in [0.717, 1.165) is 103 Å². The molecule has 48 heavy (non-hydrogen) atoms. The summed E-state index contributed by atoms with van der Waals surface area (Å²) >= 11 is 10.7. The minimum Gasteiger partial charge on any atom is -0.491 e. The summed E-state index contributed by atoms with van der Waals surface area (Å²) < 4.78 is 17.9. The topological polar surface area (TPSA) is 89.0 Å². The van der Waals surface area contributed by atoms with Crippen LogP contribution < -0.4 is 4.74 Å². The Labute approximate surface area is 291 Å². The number of thioether (sulfide) groups is 2. The number of carbonyl (C=O) groups is 1. The molecule has 6 heterocycles. The van der Waals surface area contributed by atoms with Gasteiger partial charge in [0.05, 0.1) is 35.6 Å². The lowest BCUT2D eigenvalue weighted by Gasteiger charge is -2.12. The fourth-order valence-corrected chi connectivity index (χ4v) is 9.25. The van der Waals surface area contributed by atoms with Crippen LogP contribution in [0.25, 0.3) is 32.9 Å². The number of pyridine rings is 1. The molecule has 8 bridgehead atoms. The van der Waals surface area contributed by atoms with E-state index in [-0.39, 0.29) is 5.97 Å². The summed E-state index contributed by atoms with van der Waals surface area (Å²) in [5.74, 6) is 2.65. The van der Waals surface area contributed by atoms with Crippen molar-refractivity contribution in [3.63, 3.8) is 0 Å². The van der Waals surface area contributed by atoms with Crippen LogP contribution in [0.2, 0.25) is 5.02 Å². The number of fused-ring (bicyclic) bond motifs is 10. The van der Waals surface area contributed by atoms with E-state index < -0.39 is 0 Å². The average molecular weight is 699 g/mol. The number of methoxy groups -OCH3 is 1. The van der Waals surface area contributed by atoms with Crippen molar-refractivity contribution in [3.05, 3.63) is 87.7 Å². The van der Waals surface area contributed by atoms with E-state index >= 15 is 0 Å². The van der Waals surface area contributed by atoms with Crippen LogP contribution in [0.4, 0.5) is 0 Å². The molecule has 6 aromatic rings. The third-order valence-electron chi connectivity index (χ3n) is 9.33. The third-order valence-corrected chi connectivity index (χ3v) is 11.6. The molecule has 12 heteroatoms. The Balaban J connectivity index is 1.27. The van der Waals surface area contributed by atoms with Crippen molar-refractivity contribution in [2.24, 2.45) is 14.1 Å². The van der Waals surface area contributed by atoms with Crippen molar-refractivity contribution in [2.45, 2.75) is 54.4 Å². The highest BCUT2D eigenvalue weighted by molar-refractivity contribution is 7.98. The maximum absolute atomic E-state index is 13.4. The van der Waals surface area contributed by atoms with Gasteiger partial charge in [-0.15, -0.1) is 23.5 Å². The lowest BCUT2D eigenvalue weighted by molar-refractivity contribution is 0.0589. The standard InChI is InChI=1S/C36H35ClN6O3S2/c1-41-34-26-10-11-27(37)31(34)32-28(40-43-13-5-9-29(32)43)20-47-18-22-16-23(42(2)39-22)19-48-24-15-21-7-4-12-38-33(21)30(17-24)46-14-6-8-25(26)35(41)36(44)45-3/h4,7,10-12,15-17H,5-6,8-9,13-14,18-20H2,1-3H3. The zero-order chi connectivity index (χ0) is 32.9. The first-order valence-electron chi connectivity index (χ1n) is 16.1. The van der Waals surface area contributed by atoms with Crippen molar-refractivity contribution in [3.8, 4) is 16.9 Å². The number of esters is 1. The fraction of sp³-hybridized carbons (Fsp3) is 0.333. The summed E-state index contributed by atoms with van der Waals surface area (Å²) in [5, 5.41) is 12.6. The van der Waals surface area contributed by atoms with E-state index in [1.807, 2.05) is 53.3 Å². The number of aryl methyl sites for hydroxylation is 4. The number of nitrogens with zero attached hydrogens (tertiary/aromatic N) is 6. The summed E-state index contributed by atoms with van der Waals surface area (Å²) in [7, 11) is 5.38. The van der Waals surface area contributed by atoms with Crippen molar-refractivity contribution < 1.29 is 14.3 Å². The Kier molecular flexibility index (Phi) is 8.38. The van der Waals surface area contributed by atoms with E-state index in [4.69, 9.17) is 31.3 Å². The number of carbonyl (C=O) groups excluding carboxylic acids is 1. The summed E-state index contributed by atoms with van der Waals surface area (Å²) in [6, 6.07) is 14.5. The molecule has 4 aromatic heterocycles. The first-order valence-corrected chi connectivity index (χ1v) is 18.6. The van der Waals surface area contributed by atoms with E-state index in [0.29, 0.717) is 30.2 Å². The number of benzene rings is 2. The molecule has 2 aliphatic heterocycles. The van der Waals surface area contributed by atoms with Gasteiger partial charge in [0.1, 0.15) is 17.0 Å². The molecule has 0 N–H and O–H groups in total. The lowest BCUT2D eigenvalue weighted by Crippen LogP contribution is -2.11. The molecule has 0 atom stereocenters. The van der Waals surface area contributed by atoms with Crippen molar-refractivity contribution in [1.29, 1.82) is 0 Å². The van der Waals surface area contributed by atoms with Crippen LogP contribution in [-0.4, -0.2) is 48.8 Å². The van der Waals surface area contributed by atoms with E-state index in [2.05, 4.69) is 33.9 Å². The SMILES string of the molecule is COC(=O)c1c2c3ccc(Cl)c(c3n1C)-c1c(nn3c1CCC3)CSCc1cc(n(C)n1)CSc1cc(c3ncccc3c1)OCCC2. The van der Waals surface area contributed by atoms with Gasteiger partial charge < -0.3 is 14.0 Å². The minimum absolute atomic E-state index is 0.369. The van der Waals surface area contributed by atoms with Gasteiger partial charge in [-0.3, -0.25) is 14.3 Å². The summed E-state index contributed by atoms with van der Waals surface area (Å²) in [6.07, 6.45) is 5.09. The minimum atomic E-state index is -0.369. The van der Waals surface area contributed by atoms with Gasteiger partial charge >= 0.3 is 5.97 Å². The second-order valence-electron chi connectivity index (χ2n) is 12.3. The predicted octanol–water partition coefficient (Wildman–Crippen LogP) is 7.76. The maximum Gasteiger partial charge on any atom is 0.354 e. The van der Waals surface area contributed by atoms with Gasteiger partial charge in [0, 0.05) is 82.3 Å². The smallest absolute Gasteiger partial charge is 0.354 e. The third kappa shape index (κ3) is 5.45. The van der Waals surface area contributed by atoms with Gasteiger partial charge in [-0.1, -0.05) is 23.7 Å². The second-order valence-corrected chi connectivity index (χ2v) is 14.7. The normalized spacial score (nSPS) is 15.2. The Hall–Kier alpha value is -3.93. The van der Waals surface area contributed by atoms with E-state index in [9.17, 15) is 4.79 Å². The number of aromatic nitrogens is 6. The van der Waals surface area contributed by atoms with E-state index in [1.54, 1.807) is 18.0 Å². The molecule has 0 saturated heterocycles. The highest BCUT2D eigenvalue weighted by atomic mass is 35.5. The molecule has 0 unspecified atom stereocenters. The molecule has 2 aliphatic rings. The Morgan fingerprint density at radius 1 is 1.02 bits per heavy atom. The van der Waals surface area contributed by atoms with Crippen molar-refractivity contribution in [2.75, 3.05) is 13.7 Å². The molecule has 0 saturated carbocycles. The molecule has 0 fully saturated rings. The van der Waals surface area contributed by atoms with Crippen LogP contribution in [0.1, 0.15) is 51.7 Å². The molecule has 0 amide bonds. The Morgan fingerprint density at radius 3 is 2.79 bits per heavy atom. The number of hydrogen-bond acceptors (Lipinski definition) is 8. The lowest BCUT2D eigenvalue weighted by atomic mass is 9.97. The van der Waals surface area contributed by atoms with E-state index in [1.165, 1.54) is 12.8 Å². The summed E-state index contributed by atoms with van der Waals surface area (Å²) in [5.41, 5.74) is 9.67. The fourth-order valence-electron chi connectivity index (χ4n) is 7.17. The summed E-state index contributed by atoms with van der Waals surface area (Å²) in [4.78, 5) is 19.1. The molecule has 0 aliphatic carbocycles. The van der Waals surface area contributed by atoms with Crippen LogP contribution in [0.15, 0.2) is 53.6 Å². The molecule has 9 nitrogen and oxygen atoms in total. The zero-order valence-electron chi connectivity index (χ0n) is 27.1. The van der Waals surface area contributed by atoms with Crippen LogP contribution in [0.3, 0.4) is 0 Å². The average Bonchev–Trinajstić information content (AvgIpc) is 3.84. The molecule has 0 spiro atoms. The molecular weight excluding hydrogens is 664 g/mol. The van der Waals surface area contributed by atoms with Gasteiger partial charge in [-0.05, 0) is 61.6 Å². The van der Waals surface area contributed by atoms with Crippen LogP contribution >= 0.6 is 35.1 Å². The number of rotatable bonds is 1. The maximum atomic E-state index is 13.4. The molecule has 0 radical (unpaired) electrons. The number of hydrogen-bond donors (Lipinski definition) is 0. The Bertz CT molecular complexity index is 2220. The second kappa shape index (κ2) is 12.8. The van der Waals surface area contributed by atoms with Gasteiger partial charge in [-0.25, -0.2) is 4.79 Å². The molecule has 8 rings (SSSR count). The monoisotopic (exact) mass is 698 g/mol. The quantitative estimate of drug-likeness (QED) is 0.161. The molecule has 246 valence electrons. The van der Waals surface area contributed by atoms with Crippen molar-refractivity contribution in [1.82, 2.24) is 29.1 Å². The first kappa shape index (κ1) is 31.3. The van der Waals surface area contributed by atoms with Crippen molar-refractivity contribution >= 4 is 62.9 Å². The van der Waals surface area contributed by atoms with Gasteiger partial charge in [0.25, 0.3) is 0 Å². The highest BCUT2D eigenvalue weighted by Gasteiger charge is 2.30. The summed E-state index contributed by atoms with van der Waals surface area (Å²) in [6.45, 7) is 1.35. The first-order chi connectivity index (χ1) is 23.4. The van der Waals surface area contributed by atoms with Gasteiger partial charge in [0.15, 0.2) is 0 Å². The zero-order valence-corrected chi connectivity index (χ0v) is 29.5. The molecule has 2 aromatic carbocycles. The molecular formula is C36H35ClN6O3S2. The van der Waals surface area contributed by atoms with Gasteiger partial charge in [0.2, 0.25) is 0 Å². The largest absolute Gasteiger partial charge is 0.491 e. The number of ether oxygens (including phenoxy) is 2. The van der Waals surface area contributed by atoms with Gasteiger partial charge in [-0.2, -0.15) is 10.2 Å². The number of halogens is 1. The Morgan fingerprint density at radius 2 is 1.92 bits per heavy atom. The van der Waals surface area contributed by atoms with Crippen LogP contribution in [-0.2, 0) is 55.5 Å². The van der Waals surface area contributed by atoms with Crippen LogP contribution in [0.5, 0.6) is 5.75 Å². The van der Waals surface area contributed by atoms with Crippen LogP contribution in [0, 0.1) is 0 Å². The predicted molar refractivity (Wildman–Crippen MR) is 192 cm³/mol. The highest BCUT2D eigenvalue weighted by Crippen LogP contribution is 2.44.